The lowest BCUT2D eigenvalue weighted by molar-refractivity contribution is -0.149. The number of carbonyl (C=O) groups is 3. The molecule has 0 aliphatic carbocycles. The minimum atomic E-state index is -1.14. The summed E-state index contributed by atoms with van der Waals surface area (Å²) in [6.07, 6.45) is 1.39. The summed E-state index contributed by atoms with van der Waals surface area (Å²) in [6, 6.07) is -1.83. The number of esters is 1. The molecule has 0 radical (unpaired) electrons. The third-order valence-corrected chi connectivity index (χ3v) is 3.23. The third-order valence-electron chi connectivity index (χ3n) is 3.23. The fraction of sp³-hybridized carbons (Fsp3) is 0.786. The Hall–Kier alpha value is -1.67. The van der Waals surface area contributed by atoms with Crippen molar-refractivity contribution in [3.63, 3.8) is 0 Å². The molecule has 0 fully saturated rings. The molecule has 0 aromatic carbocycles. The van der Waals surface area contributed by atoms with Gasteiger partial charge in [0.1, 0.15) is 0 Å². The predicted octanol–water partition coefficient (Wildman–Crippen LogP) is -1.09. The van der Waals surface area contributed by atoms with Crippen LogP contribution in [0.4, 0.5) is 0 Å². The fourth-order valence-corrected chi connectivity index (χ4v) is 1.53. The van der Waals surface area contributed by atoms with Gasteiger partial charge in [-0.15, -0.1) is 0 Å². The maximum absolute atomic E-state index is 11.7. The van der Waals surface area contributed by atoms with Gasteiger partial charge < -0.3 is 26.2 Å². The van der Waals surface area contributed by atoms with Crippen LogP contribution in [0.3, 0.4) is 0 Å². The summed E-state index contributed by atoms with van der Waals surface area (Å²) in [5, 5.41) is 13.8. The van der Waals surface area contributed by atoms with E-state index in [-0.39, 0.29) is 19.1 Å². The summed E-state index contributed by atoms with van der Waals surface area (Å²) in [5.74, 6) is -1.74. The Morgan fingerprint density at radius 3 is 2.41 bits per heavy atom. The topological polar surface area (TPSA) is 131 Å². The number of nitrogens with two attached hydrogens (primary N) is 1. The molecule has 128 valence electrons. The van der Waals surface area contributed by atoms with E-state index in [9.17, 15) is 14.4 Å². The molecular weight excluding hydrogens is 290 g/mol. The second-order valence-electron chi connectivity index (χ2n) is 5.10. The fourth-order valence-electron chi connectivity index (χ4n) is 1.53. The summed E-state index contributed by atoms with van der Waals surface area (Å²) in [5.41, 5.74) is 5.73. The first-order chi connectivity index (χ1) is 10.4. The highest BCUT2D eigenvalue weighted by Gasteiger charge is 2.23. The van der Waals surface area contributed by atoms with Crippen molar-refractivity contribution in [2.24, 2.45) is 11.7 Å². The van der Waals surface area contributed by atoms with Gasteiger partial charge >= 0.3 is 5.97 Å². The number of hydrogen-bond acceptors (Lipinski definition) is 6. The number of aliphatic hydroxyl groups is 1. The van der Waals surface area contributed by atoms with E-state index in [0.29, 0.717) is 6.42 Å². The Balaban J connectivity index is 4.26. The number of ether oxygens (including phenoxy) is 1. The van der Waals surface area contributed by atoms with Crippen LogP contribution in [-0.4, -0.2) is 54.7 Å². The van der Waals surface area contributed by atoms with Crippen LogP contribution in [0.1, 0.15) is 33.6 Å². The average Bonchev–Trinajstić information content (AvgIpc) is 2.53. The Bertz CT molecular complexity index is 375. The van der Waals surface area contributed by atoms with Crippen molar-refractivity contribution >= 4 is 17.8 Å². The van der Waals surface area contributed by atoms with Crippen LogP contribution in [-0.2, 0) is 19.1 Å². The Morgan fingerprint density at radius 1 is 1.27 bits per heavy atom. The maximum Gasteiger partial charge on any atom is 0.331 e. The number of amides is 2. The lowest BCUT2D eigenvalue weighted by Gasteiger charge is -2.18. The molecule has 2 amide bonds. The van der Waals surface area contributed by atoms with E-state index in [0.717, 1.165) is 6.42 Å². The molecule has 0 aliphatic rings. The molecule has 0 aromatic rings. The monoisotopic (exact) mass is 317 g/mol. The van der Waals surface area contributed by atoms with Gasteiger partial charge in [0.05, 0.1) is 25.8 Å². The molecule has 0 saturated heterocycles. The number of aliphatic hydroxyl groups excluding tert-OH is 1. The number of nitrogens with one attached hydrogen (secondary N) is 2. The van der Waals surface area contributed by atoms with Crippen LogP contribution >= 0.6 is 0 Å². The highest BCUT2D eigenvalue weighted by Crippen LogP contribution is 2.04. The molecule has 0 spiro atoms. The van der Waals surface area contributed by atoms with Crippen LogP contribution < -0.4 is 16.4 Å². The van der Waals surface area contributed by atoms with Gasteiger partial charge in [-0.1, -0.05) is 27.2 Å². The Morgan fingerprint density at radius 2 is 1.91 bits per heavy atom. The molecule has 0 saturated carbocycles. The Kier molecular flexibility index (Phi) is 10.1. The Labute approximate surface area is 130 Å². The average molecular weight is 317 g/mol. The van der Waals surface area contributed by atoms with E-state index in [4.69, 9.17) is 15.6 Å². The first-order valence-electron chi connectivity index (χ1n) is 7.47. The molecular formula is C14H27N3O5. The van der Waals surface area contributed by atoms with Gasteiger partial charge in [0.15, 0.2) is 6.04 Å². The SMILES string of the molecule is CCCOC(=O)C(CO)NC(=O)CNC(=O)C(N)C(C)CC. The van der Waals surface area contributed by atoms with Gasteiger partial charge in [-0.05, 0) is 12.3 Å². The van der Waals surface area contributed by atoms with Crippen molar-refractivity contribution in [1.29, 1.82) is 0 Å². The summed E-state index contributed by atoms with van der Waals surface area (Å²) in [7, 11) is 0. The molecule has 5 N–H and O–H groups in total. The smallest absolute Gasteiger partial charge is 0.331 e. The number of rotatable bonds is 10. The van der Waals surface area contributed by atoms with Crippen LogP contribution in [0.15, 0.2) is 0 Å². The molecule has 0 aromatic heterocycles. The van der Waals surface area contributed by atoms with Gasteiger partial charge in [0.2, 0.25) is 11.8 Å². The van der Waals surface area contributed by atoms with Crippen LogP contribution in [0.5, 0.6) is 0 Å². The van der Waals surface area contributed by atoms with Crippen molar-refractivity contribution in [3.05, 3.63) is 0 Å². The highest BCUT2D eigenvalue weighted by molar-refractivity contribution is 5.89. The van der Waals surface area contributed by atoms with Crippen molar-refractivity contribution in [3.8, 4) is 0 Å². The summed E-state index contributed by atoms with van der Waals surface area (Å²) in [4.78, 5) is 34.9. The zero-order valence-electron chi connectivity index (χ0n) is 13.4. The van der Waals surface area contributed by atoms with E-state index in [1.165, 1.54) is 0 Å². The first kappa shape index (κ1) is 20.3. The lowest BCUT2D eigenvalue weighted by atomic mass is 9.99. The van der Waals surface area contributed by atoms with Gasteiger partial charge in [-0.25, -0.2) is 4.79 Å². The highest BCUT2D eigenvalue weighted by atomic mass is 16.5. The molecule has 0 heterocycles. The minimum Gasteiger partial charge on any atom is -0.464 e. The first-order valence-corrected chi connectivity index (χ1v) is 7.47. The van der Waals surface area contributed by atoms with E-state index in [1.807, 2.05) is 20.8 Å². The summed E-state index contributed by atoms with van der Waals surface area (Å²) >= 11 is 0. The van der Waals surface area contributed by atoms with Crippen molar-refractivity contribution in [2.75, 3.05) is 19.8 Å². The van der Waals surface area contributed by atoms with Gasteiger partial charge in [0.25, 0.3) is 0 Å². The zero-order chi connectivity index (χ0) is 17.1. The summed E-state index contributed by atoms with van der Waals surface area (Å²) < 4.78 is 4.83. The quantitative estimate of drug-likeness (QED) is 0.379. The number of carbonyl (C=O) groups excluding carboxylic acids is 3. The second-order valence-corrected chi connectivity index (χ2v) is 5.10. The normalized spacial score (nSPS) is 14.6. The van der Waals surface area contributed by atoms with Crippen molar-refractivity contribution in [2.45, 2.75) is 45.7 Å². The molecule has 8 heteroatoms. The van der Waals surface area contributed by atoms with Crippen LogP contribution in [0.25, 0.3) is 0 Å². The van der Waals surface area contributed by atoms with E-state index in [1.54, 1.807) is 0 Å². The molecule has 8 nitrogen and oxygen atoms in total. The third kappa shape index (κ3) is 7.37. The molecule has 0 bridgehead atoms. The maximum atomic E-state index is 11.7. The molecule has 3 atom stereocenters. The second kappa shape index (κ2) is 11.0. The van der Waals surface area contributed by atoms with Gasteiger partial charge in [-0.2, -0.15) is 0 Å². The van der Waals surface area contributed by atoms with Gasteiger partial charge in [0, 0.05) is 0 Å². The van der Waals surface area contributed by atoms with Crippen molar-refractivity contribution < 1.29 is 24.2 Å². The van der Waals surface area contributed by atoms with Crippen LogP contribution in [0.2, 0.25) is 0 Å². The predicted molar refractivity (Wildman–Crippen MR) is 80.7 cm³/mol. The summed E-state index contributed by atoms with van der Waals surface area (Å²) in [6.45, 7) is 4.91. The minimum absolute atomic E-state index is 0.00252. The molecule has 0 rings (SSSR count). The molecule has 22 heavy (non-hydrogen) atoms. The van der Waals surface area contributed by atoms with Crippen molar-refractivity contribution in [1.82, 2.24) is 10.6 Å². The standard InChI is InChI=1S/C14H27N3O5/c1-4-6-22-14(21)10(8-18)17-11(19)7-16-13(20)12(15)9(3)5-2/h9-10,12,18H,4-8,15H2,1-3H3,(H,16,20)(H,17,19). The molecule has 0 aliphatic heterocycles. The lowest BCUT2D eigenvalue weighted by Crippen LogP contribution is -2.51. The molecule has 3 unspecified atom stereocenters. The van der Waals surface area contributed by atoms with E-state index in [2.05, 4.69) is 10.6 Å². The van der Waals surface area contributed by atoms with Crippen LogP contribution in [0, 0.1) is 5.92 Å². The van der Waals surface area contributed by atoms with E-state index >= 15 is 0 Å². The van der Waals surface area contributed by atoms with Gasteiger partial charge in [-0.3, -0.25) is 9.59 Å². The van der Waals surface area contributed by atoms with E-state index < -0.39 is 36.5 Å². The number of hydrogen-bond donors (Lipinski definition) is 4. The zero-order valence-corrected chi connectivity index (χ0v) is 13.4. The largest absolute Gasteiger partial charge is 0.464 e.